The zero-order chi connectivity index (χ0) is 20.3. The summed E-state index contributed by atoms with van der Waals surface area (Å²) >= 11 is 0. The van der Waals surface area contributed by atoms with Crippen LogP contribution in [-0.4, -0.2) is 46.7 Å². The van der Waals surface area contributed by atoms with Crippen LogP contribution in [0.25, 0.3) is 0 Å². The standard InChI is InChI=1S/C15H22N2O4.C2H5NO2/c1-3-9(2)13(17)15(20)21-11-6-4-10(5-7-11)8-12(16)14(18)19;3-1-2(4)5/h4-7,9,12-13H,3,8,16-17H2,1-2H3,(H,18,19);1,3H2,(H,4,5)/t9-,12-,13-;/m0./s1. The van der Waals surface area contributed by atoms with Crippen LogP contribution in [0.3, 0.4) is 0 Å². The van der Waals surface area contributed by atoms with Gasteiger partial charge in [0.1, 0.15) is 17.8 Å². The van der Waals surface area contributed by atoms with Crippen molar-refractivity contribution in [3.8, 4) is 5.75 Å². The molecule has 0 radical (unpaired) electrons. The van der Waals surface area contributed by atoms with E-state index in [4.69, 9.17) is 26.4 Å². The molecule has 0 spiro atoms. The largest absolute Gasteiger partial charge is 0.480 e. The van der Waals surface area contributed by atoms with Crippen molar-refractivity contribution in [3.05, 3.63) is 29.8 Å². The summed E-state index contributed by atoms with van der Waals surface area (Å²) in [5, 5.41) is 16.3. The third kappa shape index (κ3) is 9.11. The first-order valence-electron chi connectivity index (χ1n) is 8.08. The quantitative estimate of drug-likeness (QED) is 0.310. The Hall–Kier alpha value is -2.49. The van der Waals surface area contributed by atoms with Gasteiger partial charge in [-0.25, -0.2) is 4.79 Å². The van der Waals surface area contributed by atoms with Crippen molar-refractivity contribution in [1.29, 1.82) is 0 Å². The van der Waals surface area contributed by atoms with Gasteiger partial charge in [-0.05, 0) is 30.0 Å². The molecule has 1 aromatic rings. The van der Waals surface area contributed by atoms with E-state index in [1.165, 1.54) is 0 Å². The average Bonchev–Trinajstić information content (AvgIpc) is 2.62. The highest BCUT2D eigenvalue weighted by molar-refractivity contribution is 5.78. The Balaban J connectivity index is 0.00000110. The monoisotopic (exact) mass is 369 g/mol. The second-order valence-electron chi connectivity index (χ2n) is 5.72. The smallest absolute Gasteiger partial charge is 0.328 e. The summed E-state index contributed by atoms with van der Waals surface area (Å²) in [5.41, 5.74) is 16.6. The highest BCUT2D eigenvalue weighted by Crippen LogP contribution is 2.15. The molecule has 1 rings (SSSR count). The van der Waals surface area contributed by atoms with Gasteiger partial charge in [-0.2, -0.15) is 0 Å². The molecule has 0 heterocycles. The number of ether oxygens (including phenoxy) is 1. The van der Waals surface area contributed by atoms with Crippen LogP contribution in [0.15, 0.2) is 24.3 Å². The van der Waals surface area contributed by atoms with Gasteiger partial charge in [0, 0.05) is 0 Å². The lowest BCUT2D eigenvalue weighted by Gasteiger charge is -2.16. The summed E-state index contributed by atoms with van der Waals surface area (Å²) in [6.07, 6.45) is 1.01. The van der Waals surface area contributed by atoms with Crippen LogP contribution >= 0.6 is 0 Å². The molecule has 9 nitrogen and oxygen atoms in total. The third-order valence-electron chi connectivity index (χ3n) is 3.62. The van der Waals surface area contributed by atoms with E-state index in [-0.39, 0.29) is 18.9 Å². The Bertz CT molecular complexity index is 591. The van der Waals surface area contributed by atoms with Crippen LogP contribution in [0.2, 0.25) is 0 Å². The van der Waals surface area contributed by atoms with Crippen LogP contribution in [-0.2, 0) is 20.8 Å². The van der Waals surface area contributed by atoms with E-state index < -0.39 is 30.0 Å². The van der Waals surface area contributed by atoms with E-state index >= 15 is 0 Å². The Labute approximate surface area is 152 Å². The SMILES string of the molecule is CC[C@H](C)[C@H](N)C(=O)Oc1ccc(C[C@H](N)C(=O)O)cc1.NCC(=O)O. The molecular weight excluding hydrogens is 342 g/mol. The fourth-order valence-electron chi connectivity index (χ4n) is 1.71. The molecule has 3 atom stereocenters. The van der Waals surface area contributed by atoms with Crippen molar-refractivity contribution in [1.82, 2.24) is 0 Å². The second kappa shape index (κ2) is 12.0. The van der Waals surface area contributed by atoms with Gasteiger partial charge in [0.15, 0.2) is 0 Å². The Morgan fingerprint density at radius 3 is 2.00 bits per heavy atom. The molecule has 8 N–H and O–H groups in total. The molecule has 0 saturated heterocycles. The molecule has 0 fully saturated rings. The molecule has 0 aliphatic heterocycles. The van der Waals surface area contributed by atoms with Crippen molar-refractivity contribution in [2.45, 2.75) is 38.8 Å². The van der Waals surface area contributed by atoms with E-state index in [2.05, 4.69) is 5.73 Å². The van der Waals surface area contributed by atoms with Crippen LogP contribution in [0.4, 0.5) is 0 Å². The van der Waals surface area contributed by atoms with Gasteiger partial charge in [0.2, 0.25) is 0 Å². The molecule has 0 amide bonds. The van der Waals surface area contributed by atoms with Gasteiger partial charge in [0.05, 0.1) is 6.54 Å². The first-order valence-corrected chi connectivity index (χ1v) is 8.08. The lowest BCUT2D eigenvalue weighted by atomic mass is 10.0. The van der Waals surface area contributed by atoms with E-state index in [9.17, 15) is 14.4 Å². The number of aliphatic carboxylic acids is 2. The molecule has 26 heavy (non-hydrogen) atoms. The van der Waals surface area contributed by atoms with E-state index in [1.54, 1.807) is 24.3 Å². The van der Waals surface area contributed by atoms with Gasteiger partial charge < -0.3 is 32.2 Å². The zero-order valence-electron chi connectivity index (χ0n) is 14.9. The minimum absolute atomic E-state index is 0.0466. The maximum Gasteiger partial charge on any atom is 0.328 e. The molecule has 0 aliphatic carbocycles. The van der Waals surface area contributed by atoms with Crippen LogP contribution in [0.1, 0.15) is 25.8 Å². The van der Waals surface area contributed by atoms with Crippen molar-refractivity contribution >= 4 is 17.9 Å². The van der Waals surface area contributed by atoms with Crippen LogP contribution < -0.4 is 21.9 Å². The van der Waals surface area contributed by atoms with Crippen molar-refractivity contribution in [2.24, 2.45) is 23.1 Å². The molecule has 146 valence electrons. The van der Waals surface area contributed by atoms with Crippen LogP contribution in [0, 0.1) is 5.92 Å². The minimum Gasteiger partial charge on any atom is -0.480 e. The van der Waals surface area contributed by atoms with Gasteiger partial charge in [-0.1, -0.05) is 32.4 Å². The molecule has 1 aromatic carbocycles. The van der Waals surface area contributed by atoms with Crippen molar-refractivity contribution in [2.75, 3.05) is 6.54 Å². The lowest BCUT2D eigenvalue weighted by Crippen LogP contribution is -2.39. The fourth-order valence-corrected chi connectivity index (χ4v) is 1.71. The predicted molar refractivity (Wildman–Crippen MR) is 95.5 cm³/mol. The number of carboxylic acids is 2. The Morgan fingerprint density at radius 2 is 1.62 bits per heavy atom. The molecule has 0 aromatic heterocycles. The zero-order valence-corrected chi connectivity index (χ0v) is 14.9. The number of esters is 1. The second-order valence-corrected chi connectivity index (χ2v) is 5.72. The fraction of sp³-hybridized carbons (Fsp3) is 0.471. The summed E-state index contributed by atoms with van der Waals surface area (Å²) in [5.74, 6) is -2.06. The van der Waals surface area contributed by atoms with Gasteiger partial charge in [-0.15, -0.1) is 0 Å². The molecule has 0 aliphatic rings. The first kappa shape index (κ1) is 23.5. The molecule has 0 saturated carbocycles. The number of carbonyl (C=O) groups excluding carboxylic acids is 1. The minimum atomic E-state index is -1.05. The number of hydrogen-bond acceptors (Lipinski definition) is 7. The molecule has 0 unspecified atom stereocenters. The summed E-state index contributed by atoms with van der Waals surface area (Å²) in [4.78, 5) is 31.7. The number of hydrogen-bond donors (Lipinski definition) is 5. The first-order chi connectivity index (χ1) is 12.1. The number of nitrogens with two attached hydrogens (primary N) is 3. The predicted octanol–water partition coefficient (Wildman–Crippen LogP) is -0.0505. The summed E-state index contributed by atoms with van der Waals surface area (Å²) in [6, 6.07) is 4.96. The topological polar surface area (TPSA) is 179 Å². The highest BCUT2D eigenvalue weighted by atomic mass is 16.5. The lowest BCUT2D eigenvalue weighted by molar-refractivity contribution is -0.138. The average molecular weight is 369 g/mol. The summed E-state index contributed by atoms with van der Waals surface area (Å²) < 4.78 is 5.20. The number of rotatable bonds is 8. The van der Waals surface area contributed by atoms with E-state index in [0.29, 0.717) is 5.75 Å². The molecule has 9 heteroatoms. The van der Waals surface area contributed by atoms with Gasteiger partial charge >= 0.3 is 17.9 Å². The number of benzene rings is 1. The maximum absolute atomic E-state index is 11.8. The van der Waals surface area contributed by atoms with Crippen LogP contribution in [0.5, 0.6) is 5.75 Å². The van der Waals surface area contributed by atoms with E-state index in [1.807, 2.05) is 13.8 Å². The normalized spacial score (nSPS) is 13.6. The highest BCUT2D eigenvalue weighted by Gasteiger charge is 2.21. The van der Waals surface area contributed by atoms with Gasteiger partial charge in [0.25, 0.3) is 0 Å². The molecular formula is C17H27N3O6. The van der Waals surface area contributed by atoms with Crippen molar-refractivity contribution in [3.63, 3.8) is 0 Å². The third-order valence-corrected chi connectivity index (χ3v) is 3.62. The van der Waals surface area contributed by atoms with Crippen molar-refractivity contribution < 1.29 is 29.3 Å². The summed E-state index contributed by atoms with van der Waals surface area (Å²) in [7, 11) is 0. The Kier molecular flexibility index (Phi) is 10.8. The maximum atomic E-state index is 11.8. The Morgan fingerprint density at radius 1 is 1.12 bits per heavy atom. The number of carboxylic acid groups (broad SMARTS) is 2. The van der Waals surface area contributed by atoms with Gasteiger partial charge in [-0.3, -0.25) is 9.59 Å². The van der Waals surface area contributed by atoms with E-state index in [0.717, 1.165) is 12.0 Å². The summed E-state index contributed by atoms with van der Waals surface area (Å²) in [6.45, 7) is 3.57. The molecule has 0 bridgehead atoms. The number of carbonyl (C=O) groups is 3.